The summed E-state index contributed by atoms with van der Waals surface area (Å²) in [4.78, 5) is 31.8. The lowest BCUT2D eigenvalue weighted by atomic mass is 9.96. The van der Waals surface area contributed by atoms with Crippen molar-refractivity contribution in [3.8, 4) is 0 Å². The molecule has 0 atom stereocenters. The molecule has 3 heterocycles. The zero-order valence-electron chi connectivity index (χ0n) is 16.8. The molecule has 3 rings (SSSR count). The van der Waals surface area contributed by atoms with Crippen molar-refractivity contribution in [2.75, 3.05) is 19.7 Å². The summed E-state index contributed by atoms with van der Waals surface area (Å²) in [5, 5.41) is 5.28. The van der Waals surface area contributed by atoms with Crippen LogP contribution in [0.1, 0.15) is 61.3 Å². The van der Waals surface area contributed by atoms with Crippen molar-refractivity contribution in [1.82, 2.24) is 19.7 Å². The number of aromatic nitrogens is 3. The number of ether oxygens (including phenoxy) is 1. The first-order chi connectivity index (χ1) is 12.8. The van der Waals surface area contributed by atoms with Crippen molar-refractivity contribution in [1.29, 1.82) is 0 Å². The molecule has 146 valence electrons. The molecule has 27 heavy (non-hydrogen) atoms. The molecule has 2 aromatic rings. The van der Waals surface area contributed by atoms with Gasteiger partial charge >= 0.3 is 5.97 Å². The summed E-state index contributed by atoms with van der Waals surface area (Å²) in [6.45, 7) is 9.36. The molecule has 0 N–H and O–H groups in total. The summed E-state index contributed by atoms with van der Waals surface area (Å²) < 4.78 is 6.85. The molecule has 0 unspecified atom stereocenters. The van der Waals surface area contributed by atoms with Gasteiger partial charge in [0.05, 0.1) is 29.2 Å². The van der Waals surface area contributed by atoms with Crippen LogP contribution in [-0.4, -0.2) is 51.2 Å². The maximum atomic E-state index is 13.3. The third-order valence-electron chi connectivity index (χ3n) is 5.21. The Bertz CT molecular complexity index is 864. The minimum absolute atomic E-state index is 0.0114. The van der Waals surface area contributed by atoms with Crippen molar-refractivity contribution < 1.29 is 14.3 Å². The molecular formula is C20H28N4O3. The Morgan fingerprint density at radius 2 is 1.96 bits per heavy atom. The van der Waals surface area contributed by atoms with E-state index in [-0.39, 0.29) is 23.7 Å². The predicted octanol–water partition coefficient (Wildman–Crippen LogP) is 2.82. The minimum Gasteiger partial charge on any atom is -0.466 e. The van der Waals surface area contributed by atoms with E-state index in [9.17, 15) is 9.59 Å². The molecule has 0 saturated carbocycles. The highest BCUT2D eigenvalue weighted by Crippen LogP contribution is 2.27. The molecule has 2 aromatic heterocycles. The molecule has 1 aliphatic rings. The third kappa shape index (κ3) is 3.68. The molecule has 7 nitrogen and oxygen atoms in total. The van der Waals surface area contributed by atoms with Crippen LogP contribution in [0, 0.1) is 12.8 Å². The number of carbonyl (C=O) groups excluding carboxylic acids is 2. The van der Waals surface area contributed by atoms with E-state index in [4.69, 9.17) is 9.72 Å². The number of amides is 1. The SMILES string of the molecule is CCOC(=O)C1CCN(C(=O)c2cc(C(C)C)nc3c2c(C)nn3C)CC1. The number of piperidine rings is 1. The van der Waals surface area contributed by atoms with Crippen LogP contribution in [0.3, 0.4) is 0 Å². The van der Waals surface area contributed by atoms with Gasteiger partial charge in [0.15, 0.2) is 5.65 Å². The van der Waals surface area contributed by atoms with Crippen LogP contribution >= 0.6 is 0 Å². The van der Waals surface area contributed by atoms with E-state index in [0.29, 0.717) is 38.1 Å². The van der Waals surface area contributed by atoms with Crippen LogP contribution in [0.15, 0.2) is 6.07 Å². The fourth-order valence-electron chi connectivity index (χ4n) is 3.68. The minimum atomic E-state index is -0.152. The number of aryl methyl sites for hydroxylation is 2. The van der Waals surface area contributed by atoms with Gasteiger partial charge in [0.2, 0.25) is 0 Å². The first-order valence-electron chi connectivity index (χ1n) is 9.63. The Morgan fingerprint density at radius 1 is 1.30 bits per heavy atom. The number of fused-ring (bicyclic) bond motifs is 1. The smallest absolute Gasteiger partial charge is 0.309 e. The van der Waals surface area contributed by atoms with Crippen LogP contribution < -0.4 is 0 Å². The van der Waals surface area contributed by atoms with Gasteiger partial charge in [0.25, 0.3) is 5.91 Å². The molecule has 1 fully saturated rings. The van der Waals surface area contributed by atoms with Crippen molar-refractivity contribution in [2.24, 2.45) is 13.0 Å². The number of hydrogen-bond acceptors (Lipinski definition) is 5. The zero-order valence-corrected chi connectivity index (χ0v) is 16.8. The van der Waals surface area contributed by atoms with E-state index in [0.717, 1.165) is 22.4 Å². The van der Waals surface area contributed by atoms with Crippen molar-refractivity contribution in [2.45, 2.75) is 46.5 Å². The van der Waals surface area contributed by atoms with Gasteiger partial charge in [-0.2, -0.15) is 5.10 Å². The van der Waals surface area contributed by atoms with Gasteiger partial charge in [0.1, 0.15) is 0 Å². The lowest BCUT2D eigenvalue weighted by Crippen LogP contribution is -2.40. The Kier molecular flexibility index (Phi) is 5.48. The lowest BCUT2D eigenvalue weighted by Gasteiger charge is -2.31. The molecule has 7 heteroatoms. The summed E-state index contributed by atoms with van der Waals surface area (Å²) in [6.07, 6.45) is 1.28. The summed E-state index contributed by atoms with van der Waals surface area (Å²) in [5.74, 6) is -0.0627. The number of hydrogen-bond donors (Lipinski definition) is 0. The highest BCUT2D eigenvalue weighted by molar-refractivity contribution is 6.06. The van der Waals surface area contributed by atoms with Crippen molar-refractivity contribution in [3.63, 3.8) is 0 Å². The van der Waals surface area contributed by atoms with Crippen LogP contribution in [-0.2, 0) is 16.6 Å². The summed E-state index contributed by atoms with van der Waals surface area (Å²) in [7, 11) is 1.85. The molecule has 0 aliphatic carbocycles. The fourth-order valence-corrected chi connectivity index (χ4v) is 3.68. The molecule has 1 amide bonds. The molecule has 0 aromatic carbocycles. The Labute approximate surface area is 159 Å². The number of likely N-dealkylation sites (tertiary alicyclic amines) is 1. The molecule has 1 saturated heterocycles. The average molecular weight is 372 g/mol. The highest BCUT2D eigenvalue weighted by atomic mass is 16.5. The highest BCUT2D eigenvalue weighted by Gasteiger charge is 2.30. The second-order valence-corrected chi connectivity index (χ2v) is 7.48. The summed E-state index contributed by atoms with van der Waals surface area (Å²) >= 11 is 0. The van der Waals surface area contributed by atoms with E-state index < -0.39 is 0 Å². The van der Waals surface area contributed by atoms with E-state index >= 15 is 0 Å². The van der Waals surface area contributed by atoms with Crippen molar-refractivity contribution >= 4 is 22.9 Å². The largest absolute Gasteiger partial charge is 0.466 e. The second kappa shape index (κ2) is 7.66. The maximum absolute atomic E-state index is 13.3. The van der Waals surface area contributed by atoms with Gasteiger partial charge in [-0.1, -0.05) is 13.8 Å². The molecule has 0 radical (unpaired) electrons. The lowest BCUT2D eigenvalue weighted by molar-refractivity contribution is -0.149. The maximum Gasteiger partial charge on any atom is 0.309 e. The van der Waals surface area contributed by atoms with Gasteiger partial charge in [-0.3, -0.25) is 14.3 Å². The molecule has 0 spiro atoms. The standard InChI is InChI=1S/C20H28N4O3/c1-6-27-20(26)14-7-9-24(10-8-14)19(25)15-11-16(12(2)3)21-18-17(15)13(4)22-23(18)5/h11-12,14H,6-10H2,1-5H3. The third-order valence-corrected chi connectivity index (χ3v) is 5.21. The number of nitrogens with zero attached hydrogens (tertiary/aromatic N) is 4. The van der Waals surface area contributed by atoms with Gasteiger partial charge in [0, 0.05) is 25.8 Å². The quantitative estimate of drug-likeness (QED) is 0.771. The Morgan fingerprint density at radius 3 is 2.56 bits per heavy atom. The predicted molar refractivity (Wildman–Crippen MR) is 103 cm³/mol. The first kappa shape index (κ1) is 19.3. The second-order valence-electron chi connectivity index (χ2n) is 7.48. The first-order valence-corrected chi connectivity index (χ1v) is 9.63. The summed E-state index contributed by atoms with van der Waals surface area (Å²) in [5.41, 5.74) is 3.09. The average Bonchev–Trinajstić information content (AvgIpc) is 2.94. The van der Waals surface area contributed by atoms with Crippen LogP contribution in [0.4, 0.5) is 0 Å². The number of rotatable bonds is 4. The van der Waals surface area contributed by atoms with Crippen LogP contribution in [0.25, 0.3) is 11.0 Å². The van der Waals surface area contributed by atoms with E-state index in [1.165, 1.54) is 0 Å². The van der Waals surface area contributed by atoms with Crippen molar-refractivity contribution in [3.05, 3.63) is 23.0 Å². The number of pyridine rings is 1. The Hall–Kier alpha value is -2.44. The van der Waals surface area contributed by atoms with Gasteiger partial charge < -0.3 is 9.64 Å². The molecular weight excluding hydrogens is 344 g/mol. The van der Waals surface area contributed by atoms with Crippen LogP contribution in [0.5, 0.6) is 0 Å². The van der Waals surface area contributed by atoms with Gasteiger partial charge in [-0.25, -0.2) is 4.98 Å². The fraction of sp³-hybridized carbons (Fsp3) is 0.600. The van der Waals surface area contributed by atoms with Gasteiger partial charge in [-0.05, 0) is 38.7 Å². The van der Waals surface area contributed by atoms with E-state index in [1.807, 2.05) is 31.9 Å². The van der Waals surface area contributed by atoms with E-state index in [1.54, 1.807) is 4.68 Å². The topological polar surface area (TPSA) is 77.3 Å². The normalized spacial score (nSPS) is 15.6. The zero-order chi connectivity index (χ0) is 19.7. The van der Waals surface area contributed by atoms with Crippen LogP contribution in [0.2, 0.25) is 0 Å². The summed E-state index contributed by atoms with van der Waals surface area (Å²) in [6, 6.07) is 1.90. The molecule has 1 aliphatic heterocycles. The molecule has 0 bridgehead atoms. The van der Waals surface area contributed by atoms with E-state index in [2.05, 4.69) is 18.9 Å². The monoisotopic (exact) mass is 372 g/mol. The number of esters is 1. The Balaban J connectivity index is 1.89. The number of carbonyl (C=O) groups is 2. The van der Waals surface area contributed by atoms with Gasteiger partial charge in [-0.15, -0.1) is 0 Å².